The van der Waals surface area contributed by atoms with E-state index in [-0.39, 0.29) is 5.91 Å². The minimum atomic E-state index is -0.977. The van der Waals surface area contributed by atoms with Crippen LogP contribution in [0.5, 0.6) is 11.5 Å². The molecule has 1 fully saturated rings. The maximum atomic E-state index is 12.7. The molecule has 0 aliphatic carbocycles. The van der Waals surface area contributed by atoms with Gasteiger partial charge in [0.05, 0.1) is 6.33 Å². The summed E-state index contributed by atoms with van der Waals surface area (Å²) in [5, 5.41) is 10.9. The van der Waals surface area contributed by atoms with Crippen molar-refractivity contribution < 1.29 is 19.4 Å². The van der Waals surface area contributed by atoms with E-state index in [4.69, 9.17) is 20.2 Å². The predicted molar refractivity (Wildman–Crippen MR) is 147 cm³/mol. The lowest BCUT2D eigenvalue weighted by atomic mass is 9.87. The maximum absolute atomic E-state index is 12.7. The maximum Gasteiger partial charge on any atom is 0.251 e. The first-order chi connectivity index (χ1) is 18.1. The Morgan fingerprint density at radius 1 is 1.21 bits per heavy atom. The van der Waals surface area contributed by atoms with Crippen molar-refractivity contribution >= 4 is 39.4 Å². The van der Waals surface area contributed by atoms with Gasteiger partial charge in [-0.3, -0.25) is 4.79 Å². The summed E-state index contributed by atoms with van der Waals surface area (Å²) in [5.74, 6) is 2.77. The van der Waals surface area contributed by atoms with E-state index < -0.39 is 11.5 Å². The fraction of sp³-hybridized carbons (Fsp3) is 0.538. The average Bonchev–Trinajstić information content (AvgIpc) is 3.32. The number of hydrogen-bond acceptors (Lipinski definition) is 9. The van der Waals surface area contributed by atoms with Gasteiger partial charge in [0.25, 0.3) is 5.91 Å². The van der Waals surface area contributed by atoms with Crippen molar-refractivity contribution in [2.45, 2.75) is 62.7 Å². The predicted octanol–water partition coefficient (Wildman–Crippen LogP) is 4.08. The third-order valence-corrected chi connectivity index (χ3v) is 8.87. The van der Waals surface area contributed by atoms with Crippen molar-refractivity contribution in [3.05, 3.63) is 22.9 Å². The number of fused-ring (bicyclic) bond motifs is 2. The number of nitrogen functional groups attached to an aromatic ring is 1. The van der Waals surface area contributed by atoms with Crippen molar-refractivity contribution in [3.8, 4) is 23.0 Å². The number of piperidine rings is 1. The lowest BCUT2D eigenvalue weighted by molar-refractivity contribution is -0.147. The van der Waals surface area contributed by atoms with Crippen LogP contribution in [0.4, 0.5) is 5.82 Å². The standard InChI is InChI=1S/C26H33BrN6O4S/c1-26(2,3)21(34)24(35)32-7-4-15(5-8-32)6-9-33-14-29-22(28)20-23(33)31-25(30-20)38-19-13-18-17(12-16(19)27)36-10-11-37-18/h12-15,21,34H,4-11,28H2,1-3H3. The van der Waals surface area contributed by atoms with Crippen LogP contribution >= 0.6 is 27.7 Å². The van der Waals surface area contributed by atoms with Gasteiger partial charge in [-0.1, -0.05) is 20.8 Å². The van der Waals surface area contributed by atoms with Gasteiger partial charge in [0.1, 0.15) is 19.3 Å². The Morgan fingerprint density at radius 3 is 2.58 bits per heavy atom. The van der Waals surface area contributed by atoms with E-state index in [0.717, 1.165) is 35.2 Å². The molecule has 0 bridgehead atoms. The number of carbonyl (C=O) groups excluding carboxylic acids is 1. The van der Waals surface area contributed by atoms with E-state index in [1.165, 1.54) is 11.8 Å². The second kappa shape index (κ2) is 10.9. The van der Waals surface area contributed by atoms with Crippen LogP contribution < -0.4 is 15.2 Å². The van der Waals surface area contributed by atoms with Gasteiger partial charge in [-0.25, -0.2) is 15.0 Å². The molecule has 204 valence electrons. The third kappa shape index (κ3) is 5.72. The lowest BCUT2D eigenvalue weighted by Crippen LogP contribution is -2.48. The van der Waals surface area contributed by atoms with Crippen LogP contribution in [0.1, 0.15) is 40.0 Å². The van der Waals surface area contributed by atoms with Gasteiger partial charge in [-0.15, -0.1) is 0 Å². The van der Waals surface area contributed by atoms with Crippen LogP contribution in [-0.4, -0.2) is 67.8 Å². The Kier molecular flexibility index (Phi) is 7.74. The largest absolute Gasteiger partial charge is 0.486 e. The summed E-state index contributed by atoms with van der Waals surface area (Å²) in [5.41, 5.74) is 6.27. The van der Waals surface area contributed by atoms with Crippen molar-refractivity contribution in [2.24, 2.45) is 11.3 Å². The number of benzene rings is 1. The molecule has 0 spiro atoms. The van der Waals surface area contributed by atoms with Crippen LogP contribution in [0.2, 0.25) is 0 Å². The van der Waals surface area contributed by atoms with Crippen LogP contribution in [0.3, 0.4) is 0 Å². The number of halogens is 1. The minimum absolute atomic E-state index is 0.170. The molecule has 0 saturated carbocycles. The molecule has 1 unspecified atom stereocenters. The first-order valence-electron chi connectivity index (χ1n) is 12.8. The summed E-state index contributed by atoms with van der Waals surface area (Å²) in [6, 6.07) is 3.83. The Bertz CT molecular complexity index is 1290. The molecule has 38 heavy (non-hydrogen) atoms. The average molecular weight is 606 g/mol. The van der Waals surface area contributed by atoms with Crippen LogP contribution in [0.15, 0.2) is 33.0 Å². The number of ether oxygens (including phenoxy) is 2. The molecule has 10 nitrogen and oxygen atoms in total. The number of rotatable bonds is 6. The smallest absolute Gasteiger partial charge is 0.251 e. The second-order valence-electron chi connectivity index (χ2n) is 10.9. The SMILES string of the molecule is CC(C)(C)C(O)C(=O)N1CCC(CCn2cnc(N)c3nc(Sc4cc5c(cc4Br)OCCO5)nc2-3)CC1. The number of hydrogen-bond donors (Lipinski definition) is 2. The molecule has 4 aliphatic rings. The monoisotopic (exact) mass is 604 g/mol. The molecule has 0 radical (unpaired) electrons. The highest BCUT2D eigenvalue weighted by atomic mass is 79.9. The number of carbonyl (C=O) groups is 1. The van der Waals surface area contributed by atoms with Gasteiger partial charge < -0.3 is 29.8 Å². The zero-order chi connectivity index (χ0) is 27.0. The molecule has 4 heterocycles. The Labute approximate surface area is 234 Å². The minimum Gasteiger partial charge on any atom is -0.486 e. The number of aliphatic hydroxyl groups excluding tert-OH is 1. The summed E-state index contributed by atoms with van der Waals surface area (Å²) in [6.45, 7) is 8.75. The number of aryl methyl sites for hydroxylation is 1. The zero-order valence-corrected chi connectivity index (χ0v) is 24.2. The number of aliphatic hydroxyl groups is 1. The van der Waals surface area contributed by atoms with Gasteiger partial charge in [0.2, 0.25) is 0 Å². The number of aromatic nitrogens is 4. The van der Waals surface area contributed by atoms with Gasteiger partial charge >= 0.3 is 0 Å². The first kappa shape index (κ1) is 27.0. The molecule has 1 aromatic carbocycles. The van der Waals surface area contributed by atoms with Gasteiger partial charge in [0.15, 0.2) is 34.0 Å². The number of amides is 1. The second-order valence-corrected chi connectivity index (χ2v) is 12.7. The van der Waals surface area contributed by atoms with E-state index >= 15 is 0 Å². The van der Waals surface area contributed by atoms with E-state index in [2.05, 4.69) is 25.9 Å². The Balaban J connectivity index is 1.24. The summed E-state index contributed by atoms with van der Waals surface area (Å²) in [6.07, 6.45) is 3.48. The fourth-order valence-electron chi connectivity index (χ4n) is 4.67. The number of nitrogens with zero attached hydrogens (tertiary/aromatic N) is 5. The molecular weight excluding hydrogens is 572 g/mol. The number of anilines is 1. The number of imidazole rings is 1. The number of nitrogens with two attached hydrogens (primary N) is 1. The van der Waals surface area contributed by atoms with Crippen molar-refractivity contribution in [2.75, 3.05) is 32.0 Å². The normalized spacial score (nSPS) is 17.1. The van der Waals surface area contributed by atoms with Crippen LogP contribution in [-0.2, 0) is 11.3 Å². The molecule has 3 N–H and O–H groups in total. The molecule has 0 aromatic heterocycles. The van der Waals surface area contributed by atoms with Gasteiger partial charge in [0, 0.05) is 29.0 Å². The van der Waals surface area contributed by atoms with Crippen molar-refractivity contribution in [1.29, 1.82) is 0 Å². The zero-order valence-electron chi connectivity index (χ0n) is 21.8. The Morgan fingerprint density at radius 2 is 1.89 bits per heavy atom. The third-order valence-electron chi connectivity index (χ3n) is 7.03. The van der Waals surface area contributed by atoms with E-state index in [9.17, 15) is 9.90 Å². The molecule has 1 aromatic rings. The lowest BCUT2D eigenvalue weighted by Gasteiger charge is -2.36. The molecule has 5 rings (SSSR count). The van der Waals surface area contributed by atoms with Crippen LogP contribution in [0.25, 0.3) is 11.5 Å². The molecule has 4 aliphatic heterocycles. The molecule has 1 saturated heterocycles. The van der Waals surface area contributed by atoms with Crippen LogP contribution in [0, 0.1) is 11.3 Å². The van der Waals surface area contributed by atoms with Gasteiger partial charge in [-0.2, -0.15) is 0 Å². The highest BCUT2D eigenvalue weighted by Crippen LogP contribution is 2.42. The molecular formula is C26H33BrN6O4S. The topological polar surface area (TPSA) is 129 Å². The highest BCUT2D eigenvalue weighted by molar-refractivity contribution is 9.10. The number of likely N-dealkylation sites (tertiary alicyclic amines) is 1. The summed E-state index contributed by atoms with van der Waals surface area (Å²) in [4.78, 5) is 29.2. The summed E-state index contributed by atoms with van der Waals surface area (Å²) < 4.78 is 14.3. The Hall–Kier alpha value is -2.57. The van der Waals surface area contributed by atoms with Crippen molar-refractivity contribution in [3.63, 3.8) is 0 Å². The van der Waals surface area contributed by atoms with E-state index in [1.54, 1.807) is 11.2 Å². The van der Waals surface area contributed by atoms with E-state index in [1.807, 2.05) is 37.5 Å². The summed E-state index contributed by atoms with van der Waals surface area (Å²) >= 11 is 5.04. The molecule has 12 heteroatoms. The molecule has 1 atom stereocenters. The highest BCUT2D eigenvalue weighted by Gasteiger charge is 2.34. The quantitative estimate of drug-likeness (QED) is 0.427. The summed E-state index contributed by atoms with van der Waals surface area (Å²) in [7, 11) is 0. The molecule has 1 amide bonds. The first-order valence-corrected chi connectivity index (χ1v) is 14.4. The van der Waals surface area contributed by atoms with Crippen molar-refractivity contribution in [1.82, 2.24) is 24.4 Å². The van der Waals surface area contributed by atoms with Gasteiger partial charge in [-0.05, 0) is 70.4 Å². The van der Waals surface area contributed by atoms with E-state index in [0.29, 0.717) is 66.2 Å². The fourth-order valence-corrected chi connectivity index (χ4v) is 6.03.